The van der Waals surface area contributed by atoms with Gasteiger partial charge in [-0.05, 0) is 66.2 Å². The molecular formula is C36H34ClN11O4. The maximum atomic E-state index is 5.71. The van der Waals surface area contributed by atoms with Crippen LogP contribution in [0.1, 0.15) is 0 Å². The summed E-state index contributed by atoms with van der Waals surface area (Å²) in [6.45, 7) is 6.42. The Labute approximate surface area is 303 Å². The van der Waals surface area contributed by atoms with E-state index >= 15 is 0 Å². The van der Waals surface area contributed by atoms with Gasteiger partial charge in [0, 0.05) is 55.6 Å². The van der Waals surface area contributed by atoms with E-state index in [1.54, 1.807) is 18.5 Å². The van der Waals surface area contributed by atoms with Crippen molar-refractivity contribution in [3.63, 3.8) is 0 Å². The zero-order valence-corrected chi connectivity index (χ0v) is 28.7. The van der Waals surface area contributed by atoms with Gasteiger partial charge in [-0.3, -0.25) is 0 Å². The number of benzene rings is 3. The molecule has 0 saturated carbocycles. The standard InChI is InChI=1S/C25H27N7O3.C11H7ClN4O/c1-2-21-24(35-17-27-21)22(3-1)29-23-4-5-26-25(30-23)28-18-14-19(31-6-10-33-11-7-31)16-20(15-18)32-8-12-34-13-9-32;12-11-13-5-4-9(16-11)15-8-3-1-2-7-10(8)17-6-14-7/h1-5,14-17H,6-13H2,(H2,26,28,29,30);1-6H,(H,13,15,16). The maximum Gasteiger partial charge on any atom is 0.229 e. The van der Waals surface area contributed by atoms with Crippen molar-refractivity contribution in [2.24, 2.45) is 0 Å². The lowest BCUT2D eigenvalue weighted by atomic mass is 10.2. The van der Waals surface area contributed by atoms with Crippen LogP contribution in [-0.4, -0.2) is 82.5 Å². The number of ether oxygens (including phenoxy) is 2. The quantitative estimate of drug-likeness (QED) is 0.140. The average molecular weight is 720 g/mol. The summed E-state index contributed by atoms with van der Waals surface area (Å²) in [6, 6.07) is 21.5. The molecule has 2 saturated heterocycles. The molecule has 16 heteroatoms. The minimum atomic E-state index is 0.194. The van der Waals surface area contributed by atoms with Crippen LogP contribution in [0.3, 0.4) is 0 Å². The molecule has 2 aliphatic heterocycles. The van der Waals surface area contributed by atoms with Crippen molar-refractivity contribution in [3.05, 3.63) is 97.2 Å². The fourth-order valence-corrected chi connectivity index (χ4v) is 6.09. The van der Waals surface area contributed by atoms with E-state index in [-0.39, 0.29) is 5.28 Å². The number of nitrogens with zero attached hydrogens (tertiary/aromatic N) is 8. The highest BCUT2D eigenvalue weighted by Gasteiger charge is 2.18. The molecule has 0 aliphatic carbocycles. The van der Waals surface area contributed by atoms with E-state index in [0.29, 0.717) is 28.8 Å². The van der Waals surface area contributed by atoms with Gasteiger partial charge in [0.2, 0.25) is 11.2 Å². The first kappa shape index (κ1) is 33.1. The maximum absolute atomic E-state index is 5.71. The Morgan fingerprint density at radius 3 is 1.67 bits per heavy atom. The number of fused-ring (bicyclic) bond motifs is 2. The largest absolute Gasteiger partial charge is 0.441 e. The molecule has 9 rings (SSSR count). The highest BCUT2D eigenvalue weighted by Crippen LogP contribution is 2.31. The molecule has 15 nitrogen and oxygen atoms in total. The molecule has 7 aromatic rings. The van der Waals surface area contributed by atoms with E-state index in [1.165, 1.54) is 12.8 Å². The first-order chi connectivity index (χ1) is 25.6. The first-order valence-electron chi connectivity index (χ1n) is 16.7. The Morgan fingerprint density at radius 2 is 1.12 bits per heavy atom. The van der Waals surface area contributed by atoms with Crippen molar-refractivity contribution in [1.82, 2.24) is 29.9 Å². The lowest BCUT2D eigenvalue weighted by Crippen LogP contribution is -2.38. The van der Waals surface area contributed by atoms with E-state index in [4.69, 9.17) is 29.9 Å². The number of anilines is 8. The number of halogens is 1. The van der Waals surface area contributed by atoms with Gasteiger partial charge in [-0.2, -0.15) is 4.98 Å². The molecule has 0 unspecified atom stereocenters. The molecule has 6 heterocycles. The fourth-order valence-electron chi connectivity index (χ4n) is 5.94. The van der Waals surface area contributed by atoms with Gasteiger partial charge in [0.1, 0.15) is 22.7 Å². The molecule has 0 spiro atoms. The van der Waals surface area contributed by atoms with Gasteiger partial charge in [0.25, 0.3) is 0 Å². The zero-order chi connectivity index (χ0) is 35.1. The fraction of sp³-hybridized carbons (Fsp3) is 0.222. The molecule has 52 heavy (non-hydrogen) atoms. The van der Waals surface area contributed by atoms with E-state index < -0.39 is 0 Å². The molecule has 0 atom stereocenters. The molecular weight excluding hydrogens is 686 g/mol. The number of nitrogens with one attached hydrogen (secondary N) is 3. The molecule has 264 valence electrons. The summed E-state index contributed by atoms with van der Waals surface area (Å²) in [4.78, 5) is 30.0. The third-order valence-corrected chi connectivity index (χ3v) is 8.61. The highest BCUT2D eigenvalue weighted by molar-refractivity contribution is 6.28. The average Bonchev–Trinajstić information content (AvgIpc) is 3.88. The topological polar surface area (TPSA) is 165 Å². The number of morpholine rings is 2. The predicted molar refractivity (Wildman–Crippen MR) is 199 cm³/mol. The van der Waals surface area contributed by atoms with Crippen LogP contribution in [-0.2, 0) is 9.47 Å². The third-order valence-electron chi connectivity index (χ3n) is 8.43. The number of hydrogen-bond acceptors (Lipinski definition) is 15. The molecule has 0 radical (unpaired) electrons. The number of para-hydroxylation sites is 2. The van der Waals surface area contributed by atoms with E-state index in [2.05, 4.69) is 73.9 Å². The minimum Gasteiger partial charge on any atom is -0.441 e. The second-order valence-electron chi connectivity index (χ2n) is 11.8. The van der Waals surface area contributed by atoms with Gasteiger partial charge in [-0.25, -0.2) is 24.9 Å². The normalized spacial score (nSPS) is 14.6. The van der Waals surface area contributed by atoms with Crippen LogP contribution in [0.2, 0.25) is 5.28 Å². The van der Waals surface area contributed by atoms with Gasteiger partial charge in [-0.1, -0.05) is 12.1 Å². The lowest BCUT2D eigenvalue weighted by Gasteiger charge is -2.33. The van der Waals surface area contributed by atoms with Gasteiger partial charge in [0.15, 0.2) is 24.0 Å². The summed E-state index contributed by atoms with van der Waals surface area (Å²) in [5.74, 6) is 1.77. The van der Waals surface area contributed by atoms with Crippen LogP contribution < -0.4 is 25.8 Å². The van der Waals surface area contributed by atoms with Crippen molar-refractivity contribution < 1.29 is 18.3 Å². The lowest BCUT2D eigenvalue weighted by molar-refractivity contribution is 0.122. The van der Waals surface area contributed by atoms with Gasteiger partial charge in [-0.15, -0.1) is 0 Å². The molecule has 0 amide bonds. The summed E-state index contributed by atoms with van der Waals surface area (Å²) in [7, 11) is 0. The van der Waals surface area contributed by atoms with Crippen LogP contribution in [0.4, 0.5) is 46.0 Å². The van der Waals surface area contributed by atoms with E-state index in [0.717, 1.165) is 92.1 Å². The highest BCUT2D eigenvalue weighted by atomic mass is 35.5. The van der Waals surface area contributed by atoms with Crippen LogP contribution in [0.25, 0.3) is 22.2 Å². The smallest absolute Gasteiger partial charge is 0.229 e. The van der Waals surface area contributed by atoms with Crippen LogP contribution in [0, 0.1) is 0 Å². The summed E-state index contributed by atoms with van der Waals surface area (Å²) < 4.78 is 21.9. The van der Waals surface area contributed by atoms with Crippen molar-refractivity contribution in [2.45, 2.75) is 0 Å². The number of hydrogen-bond donors (Lipinski definition) is 3. The predicted octanol–water partition coefficient (Wildman–Crippen LogP) is 6.79. The van der Waals surface area contributed by atoms with Gasteiger partial charge >= 0.3 is 0 Å². The molecule has 0 bridgehead atoms. The number of rotatable bonds is 8. The van der Waals surface area contributed by atoms with Crippen molar-refractivity contribution in [3.8, 4) is 0 Å². The Kier molecular flexibility index (Phi) is 9.86. The molecule has 2 fully saturated rings. The third kappa shape index (κ3) is 7.81. The van der Waals surface area contributed by atoms with Gasteiger partial charge < -0.3 is 44.1 Å². The Hall–Kier alpha value is -6.03. The summed E-state index contributed by atoms with van der Waals surface area (Å²) in [5, 5.41) is 10.0. The molecule has 2 aliphatic rings. The number of oxazole rings is 2. The second kappa shape index (κ2) is 15.5. The summed E-state index contributed by atoms with van der Waals surface area (Å²) >= 11 is 5.71. The second-order valence-corrected chi connectivity index (χ2v) is 12.1. The summed E-state index contributed by atoms with van der Waals surface area (Å²) in [5.41, 5.74) is 7.79. The Morgan fingerprint density at radius 1 is 0.577 bits per heavy atom. The van der Waals surface area contributed by atoms with Crippen molar-refractivity contribution >= 4 is 79.8 Å². The van der Waals surface area contributed by atoms with Crippen LogP contribution >= 0.6 is 11.6 Å². The van der Waals surface area contributed by atoms with E-state index in [9.17, 15) is 0 Å². The minimum absolute atomic E-state index is 0.194. The van der Waals surface area contributed by atoms with Crippen molar-refractivity contribution in [1.29, 1.82) is 0 Å². The monoisotopic (exact) mass is 719 g/mol. The van der Waals surface area contributed by atoms with E-state index in [1.807, 2.05) is 42.5 Å². The molecule has 3 N–H and O–H groups in total. The molecule has 3 aromatic carbocycles. The zero-order valence-electron chi connectivity index (χ0n) is 27.9. The number of aromatic nitrogens is 6. The molecule has 4 aromatic heterocycles. The SMILES string of the molecule is Clc1nccc(Nc2cccc3ncoc23)n1.c1cc(Nc2ccnc(Nc3cc(N4CCOCC4)cc(N4CCOCC4)c3)n2)c2ocnc2c1. The van der Waals surface area contributed by atoms with Crippen LogP contribution in [0.15, 0.2) is 101 Å². The first-order valence-corrected chi connectivity index (χ1v) is 17.1. The Bertz CT molecular complexity index is 2230. The van der Waals surface area contributed by atoms with Crippen LogP contribution in [0.5, 0.6) is 0 Å². The van der Waals surface area contributed by atoms with Crippen molar-refractivity contribution in [2.75, 3.05) is 78.4 Å². The van der Waals surface area contributed by atoms with Gasteiger partial charge in [0.05, 0.1) is 37.8 Å². The Balaban J connectivity index is 0.000000190. The summed E-state index contributed by atoms with van der Waals surface area (Å²) in [6.07, 6.45) is 6.16.